The van der Waals surface area contributed by atoms with Gasteiger partial charge in [-0.2, -0.15) is 0 Å². The van der Waals surface area contributed by atoms with Crippen molar-refractivity contribution in [2.24, 2.45) is 5.92 Å². The van der Waals surface area contributed by atoms with Crippen LogP contribution in [0, 0.1) is 12.8 Å². The van der Waals surface area contributed by atoms with Crippen LogP contribution in [-0.4, -0.2) is 68.8 Å². The SMILES string of the molecule is CCOC(=O)NC(C(=O)NCCCN1CCN(c2cccc(C)c2)CC1)C(C)C. The maximum absolute atomic E-state index is 12.4. The third-order valence-electron chi connectivity index (χ3n) is 5.19. The molecule has 2 N–H and O–H groups in total. The molecular formula is C22H36N4O3. The van der Waals surface area contributed by atoms with Crippen LogP contribution >= 0.6 is 0 Å². The highest BCUT2D eigenvalue weighted by Gasteiger charge is 2.24. The standard InChI is InChI=1S/C22H36N4O3/c1-5-29-22(28)24-20(17(2)3)21(27)23-10-7-11-25-12-14-26(15-13-25)19-9-6-8-18(4)16-19/h6,8-9,16-17,20H,5,7,10-15H2,1-4H3,(H,23,27)(H,24,28). The molecule has 1 aliphatic heterocycles. The van der Waals surface area contributed by atoms with Gasteiger partial charge in [0.05, 0.1) is 6.61 Å². The molecular weight excluding hydrogens is 368 g/mol. The predicted molar refractivity (Wildman–Crippen MR) is 116 cm³/mol. The second-order valence-electron chi connectivity index (χ2n) is 7.90. The van der Waals surface area contributed by atoms with Gasteiger partial charge in [0.2, 0.25) is 5.91 Å². The van der Waals surface area contributed by atoms with Gasteiger partial charge in [-0.3, -0.25) is 9.69 Å². The first kappa shape index (κ1) is 23.0. The normalized spacial score (nSPS) is 15.8. The summed E-state index contributed by atoms with van der Waals surface area (Å²) >= 11 is 0. The average molecular weight is 405 g/mol. The van der Waals surface area contributed by atoms with Gasteiger partial charge in [-0.25, -0.2) is 4.79 Å². The molecule has 1 heterocycles. The van der Waals surface area contributed by atoms with Crippen LogP contribution in [0.2, 0.25) is 0 Å². The van der Waals surface area contributed by atoms with E-state index in [2.05, 4.69) is 51.6 Å². The molecule has 0 radical (unpaired) electrons. The number of aryl methyl sites for hydroxylation is 1. The van der Waals surface area contributed by atoms with Gasteiger partial charge in [0.1, 0.15) is 6.04 Å². The number of hydrogen-bond acceptors (Lipinski definition) is 5. The molecule has 1 aromatic carbocycles. The molecule has 1 aliphatic rings. The molecule has 2 amide bonds. The third-order valence-corrected chi connectivity index (χ3v) is 5.19. The fraction of sp³-hybridized carbons (Fsp3) is 0.636. The first-order chi connectivity index (χ1) is 13.9. The van der Waals surface area contributed by atoms with E-state index >= 15 is 0 Å². The molecule has 7 nitrogen and oxygen atoms in total. The topological polar surface area (TPSA) is 73.9 Å². The number of hydrogen-bond donors (Lipinski definition) is 2. The Bertz CT molecular complexity index is 657. The Balaban J connectivity index is 1.67. The summed E-state index contributed by atoms with van der Waals surface area (Å²) in [5, 5.41) is 5.59. The highest BCUT2D eigenvalue weighted by atomic mass is 16.5. The second kappa shape index (κ2) is 11.7. The van der Waals surface area contributed by atoms with Crippen molar-refractivity contribution in [3.05, 3.63) is 29.8 Å². The van der Waals surface area contributed by atoms with E-state index in [4.69, 9.17) is 4.74 Å². The monoisotopic (exact) mass is 404 g/mol. The lowest BCUT2D eigenvalue weighted by Gasteiger charge is -2.36. The summed E-state index contributed by atoms with van der Waals surface area (Å²) in [4.78, 5) is 28.9. The number of anilines is 1. The number of nitrogens with zero attached hydrogens (tertiary/aromatic N) is 2. The average Bonchev–Trinajstić information content (AvgIpc) is 2.69. The molecule has 0 bridgehead atoms. The van der Waals surface area contributed by atoms with Crippen molar-refractivity contribution in [2.75, 3.05) is 50.8 Å². The lowest BCUT2D eigenvalue weighted by molar-refractivity contribution is -0.124. The molecule has 29 heavy (non-hydrogen) atoms. The first-order valence-electron chi connectivity index (χ1n) is 10.7. The van der Waals surface area contributed by atoms with Gasteiger partial charge in [-0.05, 0) is 50.4 Å². The van der Waals surface area contributed by atoms with Crippen LogP contribution in [0.1, 0.15) is 32.8 Å². The Morgan fingerprint density at radius 3 is 2.52 bits per heavy atom. The van der Waals surface area contributed by atoms with Gasteiger partial charge in [0.15, 0.2) is 0 Å². The molecule has 0 spiro atoms. The number of ether oxygens (including phenoxy) is 1. The maximum atomic E-state index is 12.4. The van der Waals surface area contributed by atoms with Gasteiger partial charge in [0, 0.05) is 38.4 Å². The summed E-state index contributed by atoms with van der Waals surface area (Å²) in [6.07, 6.45) is 0.341. The van der Waals surface area contributed by atoms with E-state index in [9.17, 15) is 9.59 Å². The molecule has 1 aromatic rings. The Morgan fingerprint density at radius 2 is 1.90 bits per heavy atom. The third kappa shape index (κ3) is 7.57. The Labute approximate surface area is 174 Å². The van der Waals surface area contributed by atoms with E-state index in [-0.39, 0.29) is 18.4 Å². The molecule has 0 saturated carbocycles. The van der Waals surface area contributed by atoms with Crippen LogP contribution in [0.5, 0.6) is 0 Å². The molecule has 2 rings (SSSR count). The van der Waals surface area contributed by atoms with Crippen LogP contribution in [0.15, 0.2) is 24.3 Å². The largest absolute Gasteiger partial charge is 0.450 e. The minimum Gasteiger partial charge on any atom is -0.450 e. The number of benzene rings is 1. The Hall–Kier alpha value is -2.28. The fourth-order valence-corrected chi connectivity index (χ4v) is 3.51. The first-order valence-corrected chi connectivity index (χ1v) is 10.7. The van der Waals surface area contributed by atoms with E-state index in [1.54, 1.807) is 6.92 Å². The smallest absolute Gasteiger partial charge is 0.407 e. The summed E-state index contributed by atoms with van der Waals surface area (Å²) in [7, 11) is 0. The van der Waals surface area contributed by atoms with Crippen molar-refractivity contribution in [3.63, 3.8) is 0 Å². The highest BCUT2D eigenvalue weighted by molar-refractivity contribution is 5.85. The van der Waals surface area contributed by atoms with Gasteiger partial charge in [0.25, 0.3) is 0 Å². The molecule has 0 aliphatic carbocycles. The number of carbonyl (C=O) groups is 2. The summed E-state index contributed by atoms with van der Waals surface area (Å²) in [6, 6.07) is 8.07. The van der Waals surface area contributed by atoms with Crippen LogP contribution < -0.4 is 15.5 Å². The molecule has 1 atom stereocenters. The van der Waals surface area contributed by atoms with E-state index in [1.807, 2.05) is 13.8 Å². The number of rotatable bonds is 9. The minimum atomic E-state index is -0.577. The second-order valence-corrected chi connectivity index (χ2v) is 7.90. The molecule has 7 heteroatoms. The van der Waals surface area contributed by atoms with Crippen molar-refractivity contribution in [1.82, 2.24) is 15.5 Å². The molecule has 162 valence electrons. The van der Waals surface area contributed by atoms with Gasteiger partial charge < -0.3 is 20.3 Å². The molecule has 1 saturated heterocycles. The van der Waals surface area contributed by atoms with Crippen molar-refractivity contribution in [1.29, 1.82) is 0 Å². The summed E-state index contributed by atoms with van der Waals surface area (Å²) < 4.78 is 4.88. The number of nitrogens with one attached hydrogen (secondary N) is 2. The zero-order valence-electron chi connectivity index (χ0n) is 18.2. The quantitative estimate of drug-likeness (QED) is 0.618. The minimum absolute atomic E-state index is 0.00546. The van der Waals surface area contributed by atoms with Crippen molar-refractivity contribution in [3.8, 4) is 0 Å². The molecule has 1 unspecified atom stereocenters. The maximum Gasteiger partial charge on any atom is 0.407 e. The predicted octanol–water partition coefficient (Wildman–Crippen LogP) is 2.39. The van der Waals surface area contributed by atoms with E-state index < -0.39 is 12.1 Å². The highest BCUT2D eigenvalue weighted by Crippen LogP contribution is 2.17. The molecule has 1 fully saturated rings. The van der Waals surface area contributed by atoms with Crippen LogP contribution in [0.25, 0.3) is 0 Å². The van der Waals surface area contributed by atoms with Crippen molar-refractivity contribution < 1.29 is 14.3 Å². The van der Waals surface area contributed by atoms with Crippen LogP contribution in [-0.2, 0) is 9.53 Å². The van der Waals surface area contributed by atoms with E-state index in [1.165, 1.54) is 11.3 Å². The summed E-state index contributed by atoms with van der Waals surface area (Å²) in [5.41, 5.74) is 2.59. The zero-order chi connectivity index (χ0) is 21.2. The fourth-order valence-electron chi connectivity index (χ4n) is 3.51. The Morgan fingerprint density at radius 1 is 1.17 bits per heavy atom. The van der Waals surface area contributed by atoms with E-state index in [0.29, 0.717) is 6.54 Å². The Kier molecular flexibility index (Phi) is 9.25. The van der Waals surface area contributed by atoms with Gasteiger partial charge in [-0.1, -0.05) is 26.0 Å². The lowest BCUT2D eigenvalue weighted by atomic mass is 10.0. The number of piperazine rings is 1. The van der Waals surface area contributed by atoms with Crippen molar-refractivity contribution >= 4 is 17.7 Å². The number of amides is 2. The van der Waals surface area contributed by atoms with Gasteiger partial charge >= 0.3 is 6.09 Å². The zero-order valence-corrected chi connectivity index (χ0v) is 18.2. The van der Waals surface area contributed by atoms with Crippen LogP contribution in [0.3, 0.4) is 0 Å². The van der Waals surface area contributed by atoms with E-state index in [0.717, 1.165) is 39.1 Å². The van der Waals surface area contributed by atoms with Crippen LogP contribution in [0.4, 0.5) is 10.5 Å². The lowest BCUT2D eigenvalue weighted by Crippen LogP contribution is -2.50. The number of carbonyl (C=O) groups excluding carboxylic acids is 2. The summed E-state index contributed by atoms with van der Waals surface area (Å²) in [5.74, 6) is -0.161. The van der Waals surface area contributed by atoms with Crippen molar-refractivity contribution in [2.45, 2.75) is 40.2 Å². The van der Waals surface area contributed by atoms with Gasteiger partial charge in [-0.15, -0.1) is 0 Å². The summed E-state index contributed by atoms with van der Waals surface area (Å²) in [6.45, 7) is 13.6. The number of alkyl carbamates (subject to hydrolysis) is 1. The molecule has 0 aromatic heterocycles.